The van der Waals surface area contributed by atoms with Crippen molar-refractivity contribution < 1.29 is 5.11 Å². The standard InChI is InChI=1S/C18H20N4O/c23-13-16-18-15-8-4-5-9-17(15)21(10-11-22(18)20-19-16)12-14-6-2-1-3-7-14/h1-9,19-20,23H,10-13H2. The molecule has 0 unspecified atom stereocenters. The molecule has 2 aromatic rings. The van der Waals surface area contributed by atoms with E-state index in [-0.39, 0.29) is 6.61 Å². The molecular formula is C18H20N4O. The molecule has 0 radical (unpaired) electrons. The molecule has 23 heavy (non-hydrogen) atoms. The van der Waals surface area contributed by atoms with Gasteiger partial charge < -0.3 is 15.4 Å². The van der Waals surface area contributed by atoms with E-state index in [4.69, 9.17) is 0 Å². The largest absolute Gasteiger partial charge is 0.390 e. The second-order valence-electron chi connectivity index (χ2n) is 5.80. The molecule has 2 aromatic carbocycles. The lowest BCUT2D eigenvalue weighted by molar-refractivity contribution is 0.280. The molecule has 0 saturated carbocycles. The highest BCUT2D eigenvalue weighted by molar-refractivity contribution is 5.79. The Balaban J connectivity index is 1.75. The van der Waals surface area contributed by atoms with Crippen LogP contribution >= 0.6 is 0 Å². The van der Waals surface area contributed by atoms with Gasteiger partial charge in [-0.1, -0.05) is 48.5 Å². The number of hydrogen-bond donors (Lipinski definition) is 3. The van der Waals surface area contributed by atoms with Crippen molar-refractivity contribution in [3.8, 4) is 0 Å². The number of hydrogen-bond acceptors (Lipinski definition) is 5. The molecule has 0 bridgehead atoms. The summed E-state index contributed by atoms with van der Waals surface area (Å²) in [6.07, 6.45) is 0. The maximum atomic E-state index is 9.62. The number of hydrazine groups is 2. The molecule has 0 amide bonds. The van der Waals surface area contributed by atoms with Crippen LogP contribution in [0.25, 0.3) is 5.70 Å². The van der Waals surface area contributed by atoms with Gasteiger partial charge in [0.05, 0.1) is 24.5 Å². The van der Waals surface area contributed by atoms with Crippen molar-refractivity contribution in [1.82, 2.24) is 16.0 Å². The number of benzene rings is 2. The minimum atomic E-state index is -0.00808. The monoisotopic (exact) mass is 308 g/mol. The quantitative estimate of drug-likeness (QED) is 0.806. The molecule has 0 aliphatic carbocycles. The first kappa shape index (κ1) is 14.1. The van der Waals surface area contributed by atoms with E-state index in [0.717, 1.165) is 36.6 Å². The third-order valence-electron chi connectivity index (χ3n) is 4.37. The summed E-state index contributed by atoms with van der Waals surface area (Å²) in [5.74, 6) is 0. The summed E-state index contributed by atoms with van der Waals surface area (Å²) in [5.41, 5.74) is 11.7. The number of aliphatic hydroxyl groups is 1. The van der Waals surface area contributed by atoms with E-state index >= 15 is 0 Å². The molecule has 2 heterocycles. The lowest BCUT2D eigenvalue weighted by Crippen LogP contribution is -2.41. The molecule has 2 aliphatic heterocycles. The van der Waals surface area contributed by atoms with E-state index in [9.17, 15) is 5.11 Å². The van der Waals surface area contributed by atoms with E-state index in [1.54, 1.807) is 0 Å². The normalized spacial score (nSPS) is 16.7. The van der Waals surface area contributed by atoms with Gasteiger partial charge in [-0.05, 0) is 11.6 Å². The summed E-state index contributed by atoms with van der Waals surface area (Å²) < 4.78 is 0. The molecule has 118 valence electrons. The Hall–Kier alpha value is -2.50. The average molecular weight is 308 g/mol. The van der Waals surface area contributed by atoms with Gasteiger partial charge in [-0.25, -0.2) is 0 Å². The first-order valence-electron chi connectivity index (χ1n) is 7.88. The fourth-order valence-electron chi connectivity index (χ4n) is 3.26. The second kappa shape index (κ2) is 5.95. The van der Waals surface area contributed by atoms with E-state index in [2.05, 4.69) is 63.3 Å². The van der Waals surface area contributed by atoms with Crippen LogP contribution in [0.1, 0.15) is 11.1 Å². The van der Waals surface area contributed by atoms with Gasteiger partial charge in [0.15, 0.2) is 0 Å². The summed E-state index contributed by atoms with van der Waals surface area (Å²) in [6, 6.07) is 18.9. The molecule has 2 aliphatic rings. The zero-order valence-corrected chi connectivity index (χ0v) is 12.9. The third kappa shape index (κ3) is 2.54. The zero-order valence-electron chi connectivity index (χ0n) is 12.9. The summed E-state index contributed by atoms with van der Waals surface area (Å²) in [5, 5.41) is 11.7. The summed E-state index contributed by atoms with van der Waals surface area (Å²) in [6.45, 7) is 2.61. The van der Waals surface area contributed by atoms with E-state index in [1.807, 2.05) is 12.1 Å². The van der Waals surface area contributed by atoms with Crippen LogP contribution in [0, 0.1) is 0 Å². The molecule has 3 N–H and O–H groups in total. The number of nitrogens with one attached hydrogen (secondary N) is 2. The molecule has 0 saturated heterocycles. The fraction of sp³-hybridized carbons (Fsp3) is 0.222. The van der Waals surface area contributed by atoms with Crippen LogP contribution in [-0.2, 0) is 6.54 Å². The maximum Gasteiger partial charge on any atom is 0.0863 e. The number of nitrogens with zero attached hydrogens (tertiary/aromatic N) is 2. The highest BCUT2D eigenvalue weighted by atomic mass is 16.3. The maximum absolute atomic E-state index is 9.62. The molecule has 0 fully saturated rings. The number of para-hydroxylation sites is 1. The number of anilines is 1. The van der Waals surface area contributed by atoms with Crippen molar-refractivity contribution in [3.05, 3.63) is 71.4 Å². The first-order valence-corrected chi connectivity index (χ1v) is 7.88. The number of rotatable bonds is 3. The van der Waals surface area contributed by atoms with Crippen LogP contribution in [-0.4, -0.2) is 29.8 Å². The summed E-state index contributed by atoms with van der Waals surface area (Å²) in [7, 11) is 0. The van der Waals surface area contributed by atoms with E-state index < -0.39 is 0 Å². The Morgan fingerprint density at radius 1 is 0.957 bits per heavy atom. The van der Waals surface area contributed by atoms with Crippen molar-refractivity contribution in [3.63, 3.8) is 0 Å². The molecule has 0 spiro atoms. The van der Waals surface area contributed by atoms with Crippen LogP contribution in [0.2, 0.25) is 0 Å². The molecule has 5 heteroatoms. The minimum absolute atomic E-state index is 0.00808. The fourth-order valence-corrected chi connectivity index (χ4v) is 3.26. The van der Waals surface area contributed by atoms with Crippen molar-refractivity contribution >= 4 is 11.4 Å². The van der Waals surface area contributed by atoms with E-state index in [0.29, 0.717) is 0 Å². The van der Waals surface area contributed by atoms with Gasteiger partial charge in [0.2, 0.25) is 0 Å². The van der Waals surface area contributed by atoms with Gasteiger partial charge in [-0.2, -0.15) is 0 Å². The predicted molar refractivity (Wildman–Crippen MR) is 90.9 cm³/mol. The van der Waals surface area contributed by atoms with Crippen LogP contribution in [0.5, 0.6) is 0 Å². The van der Waals surface area contributed by atoms with Crippen molar-refractivity contribution in [2.24, 2.45) is 0 Å². The molecule has 0 aromatic heterocycles. The van der Waals surface area contributed by atoms with Crippen molar-refractivity contribution in [1.29, 1.82) is 0 Å². The first-order chi connectivity index (χ1) is 11.4. The van der Waals surface area contributed by atoms with Gasteiger partial charge in [-0.15, -0.1) is 5.53 Å². The summed E-state index contributed by atoms with van der Waals surface area (Å²) >= 11 is 0. The molecule has 0 atom stereocenters. The van der Waals surface area contributed by atoms with Crippen LogP contribution < -0.4 is 15.9 Å². The third-order valence-corrected chi connectivity index (χ3v) is 4.37. The lowest BCUT2D eigenvalue weighted by atomic mass is 10.1. The van der Waals surface area contributed by atoms with Gasteiger partial charge in [-0.3, -0.25) is 5.01 Å². The van der Waals surface area contributed by atoms with Crippen LogP contribution in [0.15, 0.2) is 60.3 Å². The number of fused-ring (bicyclic) bond motifs is 3. The molecule has 4 rings (SSSR count). The second-order valence-corrected chi connectivity index (χ2v) is 5.80. The highest BCUT2D eigenvalue weighted by Gasteiger charge is 2.29. The minimum Gasteiger partial charge on any atom is -0.390 e. The average Bonchev–Trinajstić information content (AvgIpc) is 2.96. The van der Waals surface area contributed by atoms with Crippen molar-refractivity contribution in [2.45, 2.75) is 6.54 Å². The van der Waals surface area contributed by atoms with Crippen LogP contribution in [0.3, 0.4) is 0 Å². The topological polar surface area (TPSA) is 50.8 Å². The highest BCUT2D eigenvalue weighted by Crippen LogP contribution is 2.35. The SMILES string of the molecule is OCC1=C2c3ccccc3N(Cc3ccccc3)CCN2NN1. The predicted octanol–water partition coefficient (Wildman–Crippen LogP) is 1.69. The van der Waals surface area contributed by atoms with Gasteiger partial charge in [0.1, 0.15) is 0 Å². The van der Waals surface area contributed by atoms with Gasteiger partial charge in [0, 0.05) is 24.3 Å². The zero-order chi connectivity index (χ0) is 15.6. The van der Waals surface area contributed by atoms with Crippen molar-refractivity contribution in [2.75, 3.05) is 24.6 Å². The smallest absolute Gasteiger partial charge is 0.0863 e. The van der Waals surface area contributed by atoms with Crippen LogP contribution in [0.4, 0.5) is 5.69 Å². The van der Waals surface area contributed by atoms with E-state index in [1.165, 1.54) is 11.3 Å². The molecular weight excluding hydrogens is 288 g/mol. The Kier molecular flexibility index (Phi) is 3.65. The van der Waals surface area contributed by atoms with Gasteiger partial charge >= 0.3 is 0 Å². The van der Waals surface area contributed by atoms with Gasteiger partial charge in [0.25, 0.3) is 0 Å². The Bertz CT molecular complexity index is 729. The Morgan fingerprint density at radius 3 is 2.57 bits per heavy atom. The Labute approximate surface area is 135 Å². The molecule has 5 nitrogen and oxygen atoms in total. The number of aliphatic hydroxyl groups excluding tert-OH is 1. The lowest BCUT2D eigenvalue weighted by Gasteiger charge is -2.25. The summed E-state index contributed by atoms with van der Waals surface area (Å²) in [4.78, 5) is 2.40. The Morgan fingerprint density at radius 2 is 1.74 bits per heavy atom.